The van der Waals surface area contributed by atoms with Crippen LogP contribution in [0.5, 0.6) is 0 Å². The number of aryl methyl sites for hydroxylation is 2. The summed E-state index contributed by atoms with van der Waals surface area (Å²) in [6.45, 7) is 4.29. The van der Waals surface area contributed by atoms with E-state index in [1.54, 1.807) is 24.3 Å². The molecule has 0 aliphatic rings. The Bertz CT molecular complexity index is 1480. The predicted molar refractivity (Wildman–Crippen MR) is 156 cm³/mol. The smallest absolute Gasteiger partial charge is 0.744 e. The van der Waals surface area contributed by atoms with Crippen LogP contribution in [-0.4, -0.2) is 63.7 Å². The average molecular weight is 595 g/mol. The third-order valence-electron chi connectivity index (χ3n) is 6.58. The number of unbranched alkanes of at least 4 members (excludes halogenated alkanes) is 4. The molecule has 0 N–H and O–H groups in total. The first kappa shape index (κ1) is 33.7. The number of rotatable bonds is 10. The predicted octanol–water partition coefficient (Wildman–Crippen LogP) is 6.57. The van der Waals surface area contributed by atoms with E-state index in [1.807, 2.05) is 36.4 Å². The van der Waals surface area contributed by atoms with Crippen molar-refractivity contribution >= 4 is 79.5 Å². The fourth-order valence-corrected chi connectivity index (χ4v) is 6.08. The molecular formula is C30H34CaO6S2. The van der Waals surface area contributed by atoms with Crippen LogP contribution >= 0.6 is 0 Å². The minimum atomic E-state index is -4.42. The molecule has 0 aromatic heterocycles. The molecule has 0 spiro atoms. The molecule has 0 bridgehead atoms. The number of benzene rings is 4. The quantitative estimate of drug-likeness (QED) is 0.116. The third-order valence-corrected chi connectivity index (χ3v) is 8.37. The Balaban J connectivity index is 0.000000267. The van der Waals surface area contributed by atoms with E-state index in [9.17, 15) is 25.9 Å². The molecule has 0 aliphatic heterocycles. The molecule has 4 rings (SSSR count). The van der Waals surface area contributed by atoms with E-state index in [-0.39, 0.29) is 47.5 Å². The molecule has 0 saturated carbocycles. The van der Waals surface area contributed by atoms with Crippen LogP contribution in [-0.2, 0) is 33.1 Å². The Morgan fingerprint density at radius 2 is 0.846 bits per heavy atom. The molecule has 4 aromatic carbocycles. The standard InChI is InChI=1S/2C15H18O3S.Ca/c2*1-2-3-4-7-12-8-5-10-14-13(12)9-6-11-15(14)19(16,17)18;/h2*5-6,8-11H,2-4,7H2,1H3,(H,16,17,18);/q;;+2/p-2. The van der Waals surface area contributed by atoms with Gasteiger partial charge in [0.25, 0.3) is 0 Å². The molecule has 0 aliphatic carbocycles. The third kappa shape index (κ3) is 9.25. The monoisotopic (exact) mass is 594 g/mol. The van der Waals surface area contributed by atoms with Crippen LogP contribution < -0.4 is 0 Å². The van der Waals surface area contributed by atoms with Gasteiger partial charge in [-0.1, -0.05) is 100 Å². The van der Waals surface area contributed by atoms with Gasteiger partial charge in [-0.25, -0.2) is 16.8 Å². The second-order valence-electron chi connectivity index (χ2n) is 9.36. The minimum absolute atomic E-state index is 0. The molecule has 39 heavy (non-hydrogen) atoms. The van der Waals surface area contributed by atoms with E-state index in [0.717, 1.165) is 73.3 Å². The molecule has 0 saturated heterocycles. The van der Waals surface area contributed by atoms with E-state index in [4.69, 9.17) is 0 Å². The van der Waals surface area contributed by atoms with Gasteiger partial charge in [0, 0.05) is 0 Å². The molecule has 0 heterocycles. The van der Waals surface area contributed by atoms with Gasteiger partial charge in [-0.2, -0.15) is 0 Å². The molecular weight excluding hydrogens is 561 g/mol. The fourth-order valence-electron chi connectivity index (χ4n) is 4.70. The fraction of sp³-hybridized carbons (Fsp3) is 0.333. The van der Waals surface area contributed by atoms with Crippen LogP contribution in [0.4, 0.5) is 0 Å². The van der Waals surface area contributed by atoms with Crippen molar-refractivity contribution < 1.29 is 25.9 Å². The molecule has 0 radical (unpaired) electrons. The molecule has 0 fully saturated rings. The van der Waals surface area contributed by atoms with Gasteiger partial charge in [-0.05, 0) is 70.5 Å². The zero-order chi connectivity index (χ0) is 27.8. The number of fused-ring (bicyclic) bond motifs is 2. The van der Waals surface area contributed by atoms with Crippen molar-refractivity contribution in [1.29, 1.82) is 0 Å². The van der Waals surface area contributed by atoms with E-state index < -0.39 is 20.2 Å². The Hall–Kier alpha value is -1.52. The van der Waals surface area contributed by atoms with Crippen molar-refractivity contribution in [3.63, 3.8) is 0 Å². The Morgan fingerprint density at radius 1 is 0.513 bits per heavy atom. The molecule has 6 nitrogen and oxygen atoms in total. The van der Waals surface area contributed by atoms with Crippen molar-refractivity contribution in [2.24, 2.45) is 0 Å². The maximum absolute atomic E-state index is 11.3. The van der Waals surface area contributed by atoms with Crippen LogP contribution in [0.25, 0.3) is 21.5 Å². The average Bonchev–Trinajstić information content (AvgIpc) is 2.88. The van der Waals surface area contributed by atoms with E-state index in [1.165, 1.54) is 12.1 Å². The summed E-state index contributed by atoms with van der Waals surface area (Å²) >= 11 is 0. The first-order valence-electron chi connectivity index (χ1n) is 13.0. The summed E-state index contributed by atoms with van der Waals surface area (Å²) in [5.41, 5.74) is 2.22. The molecule has 0 atom stereocenters. The molecule has 9 heteroatoms. The van der Waals surface area contributed by atoms with Gasteiger partial charge in [0.2, 0.25) is 0 Å². The maximum Gasteiger partial charge on any atom is 2.00 e. The van der Waals surface area contributed by atoms with Gasteiger partial charge in [0.15, 0.2) is 0 Å². The summed E-state index contributed by atoms with van der Waals surface area (Å²) in [6.07, 6.45) is 8.55. The topological polar surface area (TPSA) is 114 Å². The maximum atomic E-state index is 11.3. The van der Waals surface area contributed by atoms with Gasteiger partial charge in [-0.15, -0.1) is 0 Å². The van der Waals surface area contributed by atoms with Gasteiger partial charge in [0.05, 0.1) is 9.79 Å². The SMILES string of the molecule is CCCCCc1cccc2c(S(=O)(=O)[O-])cccc12.CCCCCc1cccc2c(S(=O)(=O)[O-])cccc12.[Ca+2]. The molecule has 204 valence electrons. The zero-order valence-electron chi connectivity index (χ0n) is 22.6. The largest absolute Gasteiger partial charge is 2.00 e. The number of hydrogen-bond acceptors (Lipinski definition) is 6. The Labute approximate surface area is 262 Å². The first-order chi connectivity index (χ1) is 18.1. The summed E-state index contributed by atoms with van der Waals surface area (Å²) in [6, 6.07) is 20.8. The Kier molecular flexibility index (Phi) is 13.4. The summed E-state index contributed by atoms with van der Waals surface area (Å²) in [4.78, 5) is -0.246. The zero-order valence-corrected chi connectivity index (χ0v) is 26.4. The van der Waals surface area contributed by atoms with Gasteiger partial charge >= 0.3 is 37.7 Å². The van der Waals surface area contributed by atoms with Gasteiger partial charge in [0.1, 0.15) is 20.2 Å². The minimum Gasteiger partial charge on any atom is -0.744 e. The summed E-state index contributed by atoms with van der Waals surface area (Å²) in [5.74, 6) is 0. The summed E-state index contributed by atoms with van der Waals surface area (Å²) in [7, 11) is -8.84. The second kappa shape index (κ2) is 15.5. The van der Waals surface area contributed by atoms with Crippen molar-refractivity contribution in [2.75, 3.05) is 0 Å². The molecule has 0 amide bonds. The van der Waals surface area contributed by atoms with Crippen LogP contribution in [0.15, 0.2) is 82.6 Å². The van der Waals surface area contributed by atoms with E-state index in [0.29, 0.717) is 10.8 Å². The molecule has 4 aromatic rings. The second-order valence-corrected chi connectivity index (χ2v) is 12.1. The van der Waals surface area contributed by atoms with Crippen LogP contribution in [0.3, 0.4) is 0 Å². The number of hydrogen-bond donors (Lipinski definition) is 0. The normalized spacial score (nSPS) is 11.6. The van der Waals surface area contributed by atoms with Crippen molar-refractivity contribution in [1.82, 2.24) is 0 Å². The van der Waals surface area contributed by atoms with E-state index >= 15 is 0 Å². The summed E-state index contributed by atoms with van der Waals surface area (Å²) < 4.78 is 67.6. The van der Waals surface area contributed by atoms with Crippen LogP contribution in [0, 0.1) is 0 Å². The van der Waals surface area contributed by atoms with Gasteiger partial charge in [-0.3, -0.25) is 0 Å². The molecule has 0 unspecified atom stereocenters. The Morgan fingerprint density at radius 3 is 1.18 bits per heavy atom. The van der Waals surface area contributed by atoms with Crippen LogP contribution in [0.1, 0.15) is 63.5 Å². The summed E-state index contributed by atoms with van der Waals surface area (Å²) in [5, 5.41) is 2.81. The van der Waals surface area contributed by atoms with Crippen LogP contribution in [0.2, 0.25) is 0 Å². The van der Waals surface area contributed by atoms with Crippen molar-refractivity contribution in [2.45, 2.75) is 75.0 Å². The first-order valence-corrected chi connectivity index (χ1v) is 15.8. The van der Waals surface area contributed by atoms with E-state index in [2.05, 4.69) is 13.8 Å². The van der Waals surface area contributed by atoms with Crippen molar-refractivity contribution in [3.05, 3.63) is 83.9 Å². The van der Waals surface area contributed by atoms with Gasteiger partial charge < -0.3 is 9.11 Å². The van der Waals surface area contributed by atoms with Crippen molar-refractivity contribution in [3.8, 4) is 0 Å².